The maximum absolute atomic E-state index is 12.7. The van der Waals surface area contributed by atoms with Gasteiger partial charge in [-0.3, -0.25) is 0 Å². The first-order valence-electron chi connectivity index (χ1n) is 9.89. The van der Waals surface area contributed by atoms with Crippen LogP contribution in [0.25, 0.3) is 0 Å². The third-order valence-corrected chi connectivity index (χ3v) is 4.40. The summed E-state index contributed by atoms with van der Waals surface area (Å²) in [7, 11) is 1.89. The highest BCUT2D eigenvalue weighted by Crippen LogP contribution is 2.22. The molecule has 0 fully saturated rings. The largest absolute Gasteiger partial charge is 0.434 e. The van der Waals surface area contributed by atoms with Crippen LogP contribution in [-0.4, -0.2) is 47.1 Å². The third kappa shape index (κ3) is 9.33. The molecule has 2 rings (SSSR count). The monoisotopic (exact) mass is 552 g/mol. The predicted molar refractivity (Wildman–Crippen MR) is 126 cm³/mol. The number of ether oxygens (including phenoxy) is 2. The molecule has 0 aliphatic heterocycles. The molecule has 174 valence electrons. The van der Waals surface area contributed by atoms with Crippen molar-refractivity contribution >= 4 is 29.9 Å². The van der Waals surface area contributed by atoms with Crippen LogP contribution in [0.1, 0.15) is 36.1 Å². The second-order valence-electron chi connectivity index (χ2n) is 6.71. The van der Waals surface area contributed by atoms with Gasteiger partial charge < -0.3 is 24.7 Å². The number of nitrogens with zero attached hydrogens (tertiary/aromatic N) is 4. The Kier molecular flexibility index (Phi) is 12.3. The second kappa shape index (κ2) is 14.1. The number of guanidine groups is 1. The molecule has 8 nitrogen and oxygen atoms in total. The van der Waals surface area contributed by atoms with Gasteiger partial charge in [-0.2, -0.15) is 8.78 Å². The summed E-state index contributed by atoms with van der Waals surface area (Å²) in [4.78, 5) is 4.54. The fraction of sp³-hybridized carbons (Fsp3) is 0.550. The highest BCUT2D eigenvalue weighted by atomic mass is 127. The van der Waals surface area contributed by atoms with E-state index in [0.29, 0.717) is 37.8 Å². The molecular formula is C20H31F2IN6O2. The molecule has 0 saturated carbocycles. The number of benzene rings is 1. The molecule has 1 heterocycles. The van der Waals surface area contributed by atoms with Crippen LogP contribution in [0.3, 0.4) is 0 Å². The lowest BCUT2D eigenvalue weighted by Gasteiger charge is -2.14. The van der Waals surface area contributed by atoms with E-state index in [0.717, 1.165) is 23.6 Å². The van der Waals surface area contributed by atoms with Crippen molar-refractivity contribution in [3.8, 4) is 5.75 Å². The highest BCUT2D eigenvalue weighted by Gasteiger charge is 2.11. The van der Waals surface area contributed by atoms with Crippen LogP contribution in [0.15, 0.2) is 23.2 Å². The molecule has 2 aromatic rings. The molecule has 0 atom stereocenters. The minimum Gasteiger partial charge on any atom is -0.434 e. The zero-order valence-corrected chi connectivity index (χ0v) is 20.7. The zero-order chi connectivity index (χ0) is 21.9. The minimum absolute atomic E-state index is 0. The standard InChI is InChI=1S/C20H30F2N6O2.HI/c1-5-29-10-6-9-23-20(25-13-18-27-26-15(3)28(18)4)24-12-16-11-14(2)7-8-17(16)30-19(21)22;/h7-8,11,19H,5-6,9-10,12-13H2,1-4H3,(H2,23,24,25);1H. The fourth-order valence-electron chi connectivity index (χ4n) is 2.67. The van der Waals surface area contributed by atoms with Gasteiger partial charge in [0.1, 0.15) is 11.6 Å². The molecule has 1 aromatic heterocycles. The Morgan fingerprint density at radius 2 is 2.00 bits per heavy atom. The van der Waals surface area contributed by atoms with Gasteiger partial charge in [0.2, 0.25) is 0 Å². The number of hydrogen-bond donors (Lipinski definition) is 2. The number of aromatic nitrogens is 3. The summed E-state index contributed by atoms with van der Waals surface area (Å²) >= 11 is 0. The van der Waals surface area contributed by atoms with E-state index in [1.165, 1.54) is 6.07 Å². The van der Waals surface area contributed by atoms with Crippen molar-refractivity contribution in [1.29, 1.82) is 0 Å². The lowest BCUT2D eigenvalue weighted by Crippen LogP contribution is -2.38. The minimum atomic E-state index is -2.89. The van der Waals surface area contributed by atoms with Crippen molar-refractivity contribution in [3.63, 3.8) is 0 Å². The molecule has 1 aromatic carbocycles. The Morgan fingerprint density at radius 3 is 2.65 bits per heavy atom. The van der Waals surface area contributed by atoms with Crippen LogP contribution in [0.2, 0.25) is 0 Å². The van der Waals surface area contributed by atoms with Crippen molar-refractivity contribution in [2.75, 3.05) is 19.8 Å². The summed E-state index contributed by atoms with van der Waals surface area (Å²) in [6.45, 7) is 5.40. The molecule has 0 aliphatic carbocycles. The SMILES string of the molecule is CCOCCCNC(=NCc1cc(C)ccc1OC(F)F)NCc1nnc(C)n1C.I. The van der Waals surface area contributed by atoms with Crippen LogP contribution in [0.5, 0.6) is 5.75 Å². The summed E-state index contributed by atoms with van der Waals surface area (Å²) in [5, 5.41) is 14.6. The smallest absolute Gasteiger partial charge is 0.387 e. The van der Waals surface area contributed by atoms with Gasteiger partial charge in [-0.15, -0.1) is 34.2 Å². The summed E-state index contributed by atoms with van der Waals surface area (Å²) < 4.78 is 37.3. The van der Waals surface area contributed by atoms with Crippen LogP contribution >= 0.6 is 24.0 Å². The topological polar surface area (TPSA) is 85.6 Å². The van der Waals surface area contributed by atoms with Gasteiger partial charge in [0, 0.05) is 32.4 Å². The van der Waals surface area contributed by atoms with Crippen LogP contribution in [-0.2, 0) is 24.9 Å². The van der Waals surface area contributed by atoms with Gasteiger partial charge in [0.05, 0.1) is 13.1 Å². The summed E-state index contributed by atoms with van der Waals surface area (Å²) in [6, 6.07) is 5.06. The molecule has 0 amide bonds. The summed E-state index contributed by atoms with van der Waals surface area (Å²) in [5.74, 6) is 2.23. The molecule has 0 spiro atoms. The van der Waals surface area contributed by atoms with E-state index in [2.05, 4.69) is 30.6 Å². The Balaban J connectivity index is 0.00000480. The maximum atomic E-state index is 12.7. The van der Waals surface area contributed by atoms with Crippen LogP contribution in [0, 0.1) is 13.8 Å². The number of alkyl halides is 2. The highest BCUT2D eigenvalue weighted by molar-refractivity contribution is 14.0. The zero-order valence-electron chi connectivity index (χ0n) is 18.3. The van der Waals surface area contributed by atoms with Gasteiger partial charge in [-0.05, 0) is 33.3 Å². The van der Waals surface area contributed by atoms with Gasteiger partial charge in [0.15, 0.2) is 11.8 Å². The first-order valence-corrected chi connectivity index (χ1v) is 9.89. The van der Waals surface area contributed by atoms with Crippen LogP contribution in [0.4, 0.5) is 8.78 Å². The number of aliphatic imine (C=N–C) groups is 1. The van der Waals surface area contributed by atoms with E-state index in [4.69, 9.17) is 4.74 Å². The number of rotatable bonds is 11. The molecule has 0 saturated heterocycles. The third-order valence-electron chi connectivity index (χ3n) is 4.40. The van der Waals surface area contributed by atoms with Crippen molar-refractivity contribution in [2.24, 2.45) is 12.0 Å². The Bertz CT molecular complexity index is 832. The molecule has 11 heteroatoms. The van der Waals surface area contributed by atoms with Gasteiger partial charge in [0.25, 0.3) is 0 Å². The first kappa shape index (κ1) is 27.0. The van der Waals surface area contributed by atoms with Crippen LogP contribution < -0.4 is 15.4 Å². The molecule has 2 N–H and O–H groups in total. The van der Waals surface area contributed by atoms with Gasteiger partial charge in [-0.25, -0.2) is 4.99 Å². The van der Waals surface area contributed by atoms with E-state index in [9.17, 15) is 8.78 Å². The van der Waals surface area contributed by atoms with Gasteiger partial charge in [-0.1, -0.05) is 17.7 Å². The number of halogens is 3. The summed E-state index contributed by atoms with van der Waals surface area (Å²) in [5.41, 5.74) is 1.52. The Hall–Kier alpha value is -2.02. The first-order chi connectivity index (χ1) is 14.4. The molecule has 0 radical (unpaired) electrons. The average molecular weight is 552 g/mol. The molecule has 0 aliphatic rings. The number of hydrogen-bond acceptors (Lipinski definition) is 5. The normalized spacial score (nSPS) is 11.4. The van der Waals surface area contributed by atoms with E-state index < -0.39 is 6.61 Å². The van der Waals surface area contributed by atoms with Gasteiger partial charge >= 0.3 is 6.61 Å². The summed E-state index contributed by atoms with van der Waals surface area (Å²) in [6.07, 6.45) is 0.807. The fourth-order valence-corrected chi connectivity index (χ4v) is 2.67. The van der Waals surface area contributed by atoms with E-state index in [1.807, 2.05) is 32.4 Å². The van der Waals surface area contributed by atoms with Crippen molar-refractivity contribution in [1.82, 2.24) is 25.4 Å². The molecule has 31 heavy (non-hydrogen) atoms. The van der Waals surface area contributed by atoms with Crippen molar-refractivity contribution in [3.05, 3.63) is 41.0 Å². The Labute approximate surface area is 198 Å². The van der Waals surface area contributed by atoms with E-state index >= 15 is 0 Å². The van der Waals surface area contributed by atoms with Crippen molar-refractivity contribution in [2.45, 2.75) is 46.9 Å². The lowest BCUT2D eigenvalue weighted by molar-refractivity contribution is -0.0504. The maximum Gasteiger partial charge on any atom is 0.387 e. The lowest BCUT2D eigenvalue weighted by atomic mass is 10.1. The van der Waals surface area contributed by atoms with E-state index in [-0.39, 0.29) is 36.3 Å². The van der Waals surface area contributed by atoms with E-state index in [1.54, 1.807) is 12.1 Å². The van der Waals surface area contributed by atoms with Crippen molar-refractivity contribution < 1.29 is 18.3 Å². The molecule has 0 unspecified atom stereocenters. The quantitative estimate of drug-likeness (QED) is 0.193. The molecule has 0 bridgehead atoms. The average Bonchev–Trinajstić information content (AvgIpc) is 3.02. The Morgan fingerprint density at radius 1 is 1.23 bits per heavy atom. The number of aryl methyl sites for hydroxylation is 2. The number of nitrogens with one attached hydrogen (secondary N) is 2. The molecular weight excluding hydrogens is 521 g/mol. The predicted octanol–water partition coefficient (Wildman–Crippen LogP) is 3.31. The second-order valence-corrected chi connectivity index (χ2v) is 6.71.